The number of hydrogen-bond donors (Lipinski definition) is 1. The minimum Gasteiger partial charge on any atom is -0.436 e. The summed E-state index contributed by atoms with van der Waals surface area (Å²) in [5.41, 5.74) is 4.68. The zero-order valence-electron chi connectivity index (χ0n) is 11.9. The van der Waals surface area contributed by atoms with Crippen molar-refractivity contribution in [3.05, 3.63) is 46.4 Å². The van der Waals surface area contributed by atoms with E-state index in [9.17, 15) is 0 Å². The van der Waals surface area contributed by atoms with Gasteiger partial charge in [-0.25, -0.2) is 4.98 Å². The van der Waals surface area contributed by atoms with E-state index in [0.717, 1.165) is 0 Å². The van der Waals surface area contributed by atoms with E-state index in [1.165, 1.54) is 0 Å². The third-order valence-corrected chi connectivity index (χ3v) is 3.61. The molecule has 0 aliphatic heterocycles. The van der Waals surface area contributed by atoms with E-state index in [2.05, 4.69) is 15.5 Å². The lowest BCUT2D eigenvalue weighted by atomic mass is 10.2. The summed E-state index contributed by atoms with van der Waals surface area (Å²) in [7, 11) is 0. The van der Waals surface area contributed by atoms with Gasteiger partial charge in [0.25, 0.3) is 0 Å². The first-order valence-electron chi connectivity index (χ1n) is 6.60. The Kier molecular flexibility index (Phi) is 4.35. The molecular weight excluding hydrogens is 349 g/mol. The van der Waals surface area contributed by atoms with Crippen LogP contribution in [0.15, 0.2) is 45.9 Å². The number of nitriles is 2. The lowest BCUT2D eigenvalue weighted by molar-refractivity contribution is 0.620. The molecule has 0 saturated carbocycles. The predicted octanol–water partition coefficient (Wildman–Crippen LogP) is 4.62. The lowest BCUT2D eigenvalue weighted by Crippen LogP contribution is -1.95. The van der Waals surface area contributed by atoms with Crippen molar-refractivity contribution < 1.29 is 4.42 Å². The third kappa shape index (κ3) is 3.16. The van der Waals surface area contributed by atoms with Crippen LogP contribution in [0.4, 0.5) is 5.69 Å². The fourth-order valence-corrected chi connectivity index (χ4v) is 2.46. The minimum absolute atomic E-state index is 0.274. The van der Waals surface area contributed by atoms with Gasteiger partial charge in [0.05, 0.1) is 16.3 Å². The van der Waals surface area contributed by atoms with E-state index >= 15 is 0 Å². The topological polar surface area (TPSA) is 98.0 Å². The standard InChI is InChI=1S/C16H7Cl2N5O/c17-9-1-3-12(13(18)5-9)16-21-14-6-10(2-4-15(14)24-16)22-23-11(7-19)8-20/h1-6,22H. The van der Waals surface area contributed by atoms with Gasteiger partial charge in [-0.2, -0.15) is 15.6 Å². The molecule has 1 N–H and O–H groups in total. The summed E-state index contributed by atoms with van der Waals surface area (Å²) in [6.07, 6.45) is 0. The van der Waals surface area contributed by atoms with E-state index in [1.54, 1.807) is 48.5 Å². The van der Waals surface area contributed by atoms with E-state index in [1.807, 2.05) is 0 Å². The maximum absolute atomic E-state index is 8.66. The summed E-state index contributed by atoms with van der Waals surface area (Å²) in [5.74, 6) is 0.363. The second kappa shape index (κ2) is 6.59. The molecule has 0 bridgehead atoms. The van der Waals surface area contributed by atoms with Gasteiger partial charge in [-0.1, -0.05) is 23.2 Å². The number of aromatic nitrogens is 1. The molecule has 0 saturated heterocycles. The van der Waals surface area contributed by atoms with Crippen LogP contribution in [0.1, 0.15) is 0 Å². The molecule has 116 valence electrons. The van der Waals surface area contributed by atoms with Crippen LogP contribution < -0.4 is 5.43 Å². The highest BCUT2D eigenvalue weighted by Gasteiger charge is 2.12. The number of rotatable bonds is 3. The summed E-state index contributed by atoms with van der Waals surface area (Å²) >= 11 is 12.0. The van der Waals surface area contributed by atoms with Crippen LogP contribution in [0, 0.1) is 22.7 Å². The highest BCUT2D eigenvalue weighted by Crippen LogP contribution is 2.32. The van der Waals surface area contributed by atoms with Crippen molar-refractivity contribution in [3.63, 3.8) is 0 Å². The van der Waals surface area contributed by atoms with E-state index < -0.39 is 0 Å². The molecule has 0 atom stereocenters. The molecule has 0 aliphatic carbocycles. The third-order valence-electron chi connectivity index (χ3n) is 3.06. The normalized spacial score (nSPS) is 10.0. The molecule has 0 aliphatic rings. The number of nitrogens with one attached hydrogen (secondary N) is 1. The highest BCUT2D eigenvalue weighted by atomic mass is 35.5. The van der Waals surface area contributed by atoms with Crippen LogP contribution in [0.5, 0.6) is 0 Å². The molecule has 2 aromatic carbocycles. The van der Waals surface area contributed by atoms with Gasteiger partial charge in [-0.15, -0.1) is 0 Å². The number of halogens is 2. The molecule has 8 heteroatoms. The van der Waals surface area contributed by atoms with E-state index in [4.69, 9.17) is 38.1 Å². The molecule has 24 heavy (non-hydrogen) atoms. The Balaban J connectivity index is 1.96. The summed E-state index contributed by atoms with van der Waals surface area (Å²) in [6.45, 7) is 0. The van der Waals surface area contributed by atoms with Crippen LogP contribution in [0.2, 0.25) is 10.0 Å². The monoisotopic (exact) mass is 355 g/mol. The summed E-state index contributed by atoms with van der Waals surface area (Å²) < 4.78 is 5.69. The SMILES string of the molecule is N#CC(C#N)=NNc1ccc2oc(-c3ccc(Cl)cc3Cl)nc2c1. The fourth-order valence-electron chi connectivity index (χ4n) is 1.97. The smallest absolute Gasteiger partial charge is 0.237 e. The van der Waals surface area contributed by atoms with Crippen molar-refractivity contribution in [2.75, 3.05) is 5.43 Å². The average Bonchev–Trinajstić information content (AvgIpc) is 2.98. The van der Waals surface area contributed by atoms with Gasteiger partial charge >= 0.3 is 0 Å². The Hall–Kier alpha value is -3.06. The molecule has 1 aromatic heterocycles. The van der Waals surface area contributed by atoms with Gasteiger partial charge in [0.15, 0.2) is 5.58 Å². The Morgan fingerprint density at radius 2 is 1.92 bits per heavy atom. The van der Waals surface area contributed by atoms with Crippen molar-refractivity contribution in [1.29, 1.82) is 10.5 Å². The van der Waals surface area contributed by atoms with Crippen LogP contribution in [0.25, 0.3) is 22.6 Å². The molecule has 0 unspecified atom stereocenters. The number of fused-ring (bicyclic) bond motifs is 1. The van der Waals surface area contributed by atoms with Gasteiger partial charge in [0.1, 0.15) is 17.7 Å². The Bertz CT molecular complexity index is 1030. The summed E-state index contributed by atoms with van der Waals surface area (Å²) in [5, 5.41) is 22.0. The largest absolute Gasteiger partial charge is 0.436 e. The molecule has 6 nitrogen and oxygen atoms in total. The first-order valence-corrected chi connectivity index (χ1v) is 7.36. The van der Waals surface area contributed by atoms with Crippen molar-refractivity contribution in [2.45, 2.75) is 0 Å². The Labute approximate surface area is 146 Å². The number of anilines is 1. The molecule has 3 aromatic rings. The lowest BCUT2D eigenvalue weighted by Gasteiger charge is -1.98. The fraction of sp³-hybridized carbons (Fsp3) is 0. The first-order chi connectivity index (χ1) is 11.6. The number of nitrogens with zero attached hydrogens (tertiary/aromatic N) is 4. The van der Waals surface area contributed by atoms with Gasteiger partial charge in [0.2, 0.25) is 11.6 Å². The Morgan fingerprint density at radius 3 is 2.62 bits per heavy atom. The highest BCUT2D eigenvalue weighted by molar-refractivity contribution is 6.36. The maximum atomic E-state index is 8.66. The Morgan fingerprint density at radius 1 is 1.12 bits per heavy atom. The molecule has 0 amide bonds. The number of hydrogen-bond acceptors (Lipinski definition) is 6. The van der Waals surface area contributed by atoms with Crippen molar-refractivity contribution in [2.24, 2.45) is 5.10 Å². The predicted molar refractivity (Wildman–Crippen MR) is 91.7 cm³/mol. The second-order valence-corrected chi connectivity index (χ2v) is 5.47. The van der Waals surface area contributed by atoms with Crippen LogP contribution in [-0.2, 0) is 0 Å². The minimum atomic E-state index is -0.274. The van der Waals surface area contributed by atoms with Crippen molar-refractivity contribution >= 4 is 45.7 Å². The first kappa shape index (κ1) is 15.8. The van der Waals surface area contributed by atoms with Gasteiger partial charge in [-0.05, 0) is 36.4 Å². The number of oxazole rings is 1. The molecule has 0 radical (unpaired) electrons. The van der Waals surface area contributed by atoms with Gasteiger partial charge in [0, 0.05) is 5.02 Å². The zero-order valence-corrected chi connectivity index (χ0v) is 13.4. The summed E-state index contributed by atoms with van der Waals surface area (Å²) in [6, 6.07) is 13.4. The number of benzene rings is 2. The average molecular weight is 356 g/mol. The molecule has 3 rings (SSSR count). The molecule has 0 fully saturated rings. The molecule has 1 heterocycles. The van der Waals surface area contributed by atoms with Gasteiger partial charge < -0.3 is 4.42 Å². The van der Waals surface area contributed by atoms with Crippen LogP contribution >= 0.6 is 23.2 Å². The van der Waals surface area contributed by atoms with Crippen molar-refractivity contribution in [3.8, 4) is 23.6 Å². The maximum Gasteiger partial charge on any atom is 0.237 e. The quantitative estimate of drug-likeness (QED) is 0.546. The number of hydrazone groups is 1. The summed E-state index contributed by atoms with van der Waals surface area (Å²) in [4.78, 5) is 4.39. The van der Waals surface area contributed by atoms with Crippen molar-refractivity contribution in [1.82, 2.24) is 4.98 Å². The van der Waals surface area contributed by atoms with Crippen LogP contribution in [0.3, 0.4) is 0 Å². The molecule has 0 spiro atoms. The zero-order chi connectivity index (χ0) is 17.1. The van der Waals surface area contributed by atoms with E-state index in [0.29, 0.717) is 38.3 Å². The van der Waals surface area contributed by atoms with Crippen LogP contribution in [-0.4, -0.2) is 10.7 Å². The molecular formula is C16H7Cl2N5O. The second-order valence-electron chi connectivity index (χ2n) is 4.62. The van der Waals surface area contributed by atoms with Gasteiger partial charge in [-0.3, -0.25) is 5.43 Å². The van der Waals surface area contributed by atoms with E-state index in [-0.39, 0.29) is 5.71 Å².